The van der Waals surface area contributed by atoms with Crippen molar-refractivity contribution in [1.29, 1.82) is 0 Å². The van der Waals surface area contributed by atoms with Gasteiger partial charge in [0.05, 0.1) is 6.10 Å². The highest BCUT2D eigenvalue weighted by molar-refractivity contribution is 5.52. The minimum atomic E-state index is -0.884. The normalized spacial score (nSPS) is 20.6. The van der Waals surface area contributed by atoms with E-state index in [1.165, 1.54) is 24.3 Å². The molecule has 0 bridgehead atoms. The van der Waals surface area contributed by atoms with Gasteiger partial charge in [-0.25, -0.2) is 0 Å². The first-order valence-corrected chi connectivity index (χ1v) is 6.37. The Kier molecular flexibility index (Phi) is 3.03. The number of hydrogen-bond acceptors (Lipinski definition) is 6. The second kappa shape index (κ2) is 4.75. The molecule has 0 unspecified atom stereocenters. The zero-order valence-electron chi connectivity index (χ0n) is 10.9. The fourth-order valence-corrected chi connectivity index (χ4v) is 2.45. The molecule has 6 nitrogen and oxygen atoms in total. The van der Waals surface area contributed by atoms with Crippen molar-refractivity contribution >= 4 is 0 Å². The lowest BCUT2D eigenvalue weighted by molar-refractivity contribution is 0.0204. The Bertz CT molecular complexity index is 674. The molecule has 0 aromatic heterocycles. The number of ether oxygens (including phenoxy) is 1. The number of aromatic hydroxyl groups is 4. The number of benzene rings is 2. The van der Waals surface area contributed by atoms with Crippen LogP contribution in [0.25, 0.3) is 0 Å². The van der Waals surface area contributed by atoms with E-state index in [1.54, 1.807) is 6.07 Å². The lowest BCUT2D eigenvalue weighted by Crippen LogP contribution is -2.30. The van der Waals surface area contributed by atoms with Gasteiger partial charge in [0.1, 0.15) is 11.5 Å². The molecule has 6 heteroatoms. The highest BCUT2D eigenvalue weighted by Crippen LogP contribution is 2.42. The SMILES string of the molecule is Oc1ccc2c(c1)O[C@H](c1cc(O)c(O)c(O)c1)[C@H](O)C2. The molecule has 0 amide bonds. The highest BCUT2D eigenvalue weighted by Gasteiger charge is 2.31. The predicted octanol–water partition coefficient (Wildman–Crippen LogP) is 1.55. The quantitative estimate of drug-likeness (QED) is 0.510. The van der Waals surface area contributed by atoms with Crippen molar-refractivity contribution in [3.8, 4) is 28.7 Å². The lowest BCUT2D eigenvalue weighted by Gasteiger charge is -2.31. The summed E-state index contributed by atoms with van der Waals surface area (Å²) in [5, 5.41) is 48.1. The molecule has 1 heterocycles. The number of phenols is 4. The Morgan fingerprint density at radius 2 is 1.62 bits per heavy atom. The Labute approximate surface area is 120 Å². The van der Waals surface area contributed by atoms with Gasteiger partial charge < -0.3 is 30.3 Å². The summed E-state index contributed by atoms with van der Waals surface area (Å²) in [5.74, 6) is -1.15. The second-order valence-electron chi connectivity index (χ2n) is 5.01. The predicted molar refractivity (Wildman–Crippen MR) is 72.6 cm³/mol. The van der Waals surface area contributed by atoms with E-state index in [9.17, 15) is 25.5 Å². The standard InChI is InChI=1S/C15H14O6/c16-9-2-1-7-3-12(19)15(21-13(7)6-9)8-4-10(17)14(20)11(18)5-8/h1-2,4-6,12,15-20H,3H2/t12-,15-/m1/s1. The number of rotatable bonds is 1. The Balaban J connectivity index is 2.00. The summed E-state index contributed by atoms with van der Waals surface area (Å²) in [6.07, 6.45) is -1.40. The van der Waals surface area contributed by atoms with Crippen molar-refractivity contribution in [2.75, 3.05) is 0 Å². The van der Waals surface area contributed by atoms with E-state index in [0.29, 0.717) is 17.7 Å². The fraction of sp³-hybridized carbons (Fsp3) is 0.200. The van der Waals surface area contributed by atoms with Crippen LogP contribution in [0, 0.1) is 0 Å². The van der Waals surface area contributed by atoms with E-state index in [1.807, 2.05) is 0 Å². The minimum Gasteiger partial charge on any atom is -0.508 e. The summed E-state index contributed by atoms with van der Waals surface area (Å²) in [6.45, 7) is 0. The Morgan fingerprint density at radius 1 is 0.952 bits per heavy atom. The fourth-order valence-electron chi connectivity index (χ4n) is 2.45. The van der Waals surface area contributed by atoms with Crippen LogP contribution in [0.2, 0.25) is 0 Å². The van der Waals surface area contributed by atoms with Crippen LogP contribution in [-0.2, 0) is 6.42 Å². The van der Waals surface area contributed by atoms with Crippen LogP contribution >= 0.6 is 0 Å². The van der Waals surface area contributed by atoms with Crippen LogP contribution in [0.15, 0.2) is 30.3 Å². The topological polar surface area (TPSA) is 110 Å². The molecule has 0 fully saturated rings. The van der Waals surface area contributed by atoms with E-state index in [2.05, 4.69) is 0 Å². The molecule has 1 aliphatic rings. The van der Waals surface area contributed by atoms with E-state index in [-0.39, 0.29) is 5.75 Å². The molecule has 0 spiro atoms. The summed E-state index contributed by atoms with van der Waals surface area (Å²) in [4.78, 5) is 0. The maximum atomic E-state index is 10.2. The summed E-state index contributed by atoms with van der Waals surface area (Å²) in [7, 11) is 0. The Morgan fingerprint density at radius 3 is 2.29 bits per heavy atom. The molecule has 3 rings (SSSR count). The van der Waals surface area contributed by atoms with E-state index >= 15 is 0 Å². The van der Waals surface area contributed by atoms with Gasteiger partial charge in [-0.05, 0) is 23.8 Å². The van der Waals surface area contributed by atoms with Crippen LogP contribution in [0.4, 0.5) is 0 Å². The number of phenolic OH excluding ortho intramolecular Hbond substituents is 4. The molecular weight excluding hydrogens is 276 g/mol. The van der Waals surface area contributed by atoms with Crippen molar-refractivity contribution in [3.05, 3.63) is 41.5 Å². The van der Waals surface area contributed by atoms with Gasteiger partial charge in [0.2, 0.25) is 0 Å². The molecule has 0 saturated heterocycles. The number of aliphatic hydroxyl groups excluding tert-OH is 1. The summed E-state index contributed by atoms with van der Waals surface area (Å²) < 4.78 is 5.65. The number of fused-ring (bicyclic) bond motifs is 1. The molecule has 0 aliphatic carbocycles. The van der Waals surface area contributed by atoms with Gasteiger partial charge in [0.15, 0.2) is 23.4 Å². The number of hydrogen-bond donors (Lipinski definition) is 5. The van der Waals surface area contributed by atoms with Crippen molar-refractivity contribution in [2.24, 2.45) is 0 Å². The van der Waals surface area contributed by atoms with Crippen LogP contribution in [0.3, 0.4) is 0 Å². The molecular formula is C15H14O6. The maximum absolute atomic E-state index is 10.2. The first-order chi connectivity index (χ1) is 9.95. The highest BCUT2D eigenvalue weighted by atomic mass is 16.5. The van der Waals surface area contributed by atoms with Crippen molar-refractivity contribution in [2.45, 2.75) is 18.6 Å². The van der Waals surface area contributed by atoms with Gasteiger partial charge in [-0.3, -0.25) is 0 Å². The van der Waals surface area contributed by atoms with Gasteiger partial charge in [-0.1, -0.05) is 6.07 Å². The van der Waals surface area contributed by atoms with E-state index in [0.717, 1.165) is 5.56 Å². The van der Waals surface area contributed by atoms with Crippen LogP contribution in [0.5, 0.6) is 28.7 Å². The van der Waals surface area contributed by atoms with Crippen molar-refractivity contribution < 1.29 is 30.3 Å². The van der Waals surface area contributed by atoms with Gasteiger partial charge in [0.25, 0.3) is 0 Å². The molecule has 0 radical (unpaired) electrons. The first-order valence-electron chi connectivity index (χ1n) is 6.37. The molecule has 2 aromatic rings. The Hall–Kier alpha value is -2.60. The zero-order chi connectivity index (χ0) is 15.1. The third-order valence-electron chi connectivity index (χ3n) is 3.50. The van der Waals surface area contributed by atoms with Gasteiger partial charge in [-0.2, -0.15) is 0 Å². The maximum Gasteiger partial charge on any atom is 0.200 e. The van der Waals surface area contributed by atoms with Gasteiger partial charge >= 0.3 is 0 Å². The summed E-state index contributed by atoms with van der Waals surface area (Å²) in [5.41, 5.74) is 1.08. The van der Waals surface area contributed by atoms with Gasteiger partial charge in [-0.15, -0.1) is 0 Å². The lowest BCUT2D eigenvalue weighted by atomic mass is 9.94. The van der Waals surface area contributed by atoms with Crippen LogP contribution < -0.4 is 4.74 Å². The smallest absolute Gasteiger partial charge is 0.200 e. The third kappa shape index (κ3) is 2.30. The largest absolute Gasteiger partial charge is 0.508 e. The summed E-state index contributed by atoms with van der Waals surface area (Å²) in [6, 6.07) is 7.05. The number of aliphatic hydroxyl groups is 1. The third-order valence-corrected chi connectivity index (χ3v) is 3.50. The molecule has 1 aliphatic heterocycles. The average Bonchev–Trinajstić information content (AvgIpc) is 2.44. The average molecular weight is 290 g/mol. The zero-order valence-corrected chi connectivity index (χ0v) is 10.9. The first kappa shape index (κ1) is 13.4. The van der Waals surface area contributed by atoms with E-state index in [4.69, 9.17) is 4.74 Å². The van der Waals surface area contributed by atoms with E-state index < -0.39 is 29.5 Å². The molecule has 2 aromatic carbocycles. The second-order valence-corrected chi connectivity index (χ2v) is 5.01. The van der Waals surface area contributed by atoms with Crippen LogP contribution in [-0.4, -0.2) is 31.6 Å². The molecule has 21 heavy (non-hydrogen) atoms. The van der Waals surface area contributed by atoms with Crippen molar-refractivity contribution in [3.63, 3.8) is 0 Å². The molecule has 110 valence electrons. The van der Waals surface area contributed by atoms with Crippen molar-refractivity contribution in [1.82, 2.24) is 0 Å². The minimum absolute atomic E-state index is 0.0419. The molecule has 0 saturated carbocycles. The summed E-state index contributed by atoms with van der Waals surface area (Å²) >= 11 is 0. The van der Waals surface area contributed by atoms with Crippen LogP contribution in [0.1, 0.15) is 17.2 Å². The molecule has 5 N–H and O–H groups in total. The van der Waals surface area contributed by atoms with Gasteiger partial charge in [0, 0.05) is 18.1 Å². The molecule has 2 atom stereocenters. The monoisotopic (exact) mass is 290 g/mol.